The van der Waals surface area contributed by atoms with Crippen LogP contribution in [0.3, 0.4) is 0 Å². The highest BCUT2D eigenvalue weighted by Gasteiger charge is 2.28. The zero-order chi connectivity index (χ0) is 21.5. The lowest BCUT2D eigenvalue weighted by molar-refractivity contribution is -0.126. The van der Waals surface area contributed by atoms with Crippen LogP contribution in [0.2, 0.25) is 0 Å². The third-order valence-electron chi connectivity index (χ3n) is 5.93. The van der Waals surface area contributed by atoms with Crippen molar-refractivity contribution in [3.63, 3.8) is 0 Å². The molecule has 2 amide bonds. The van der Waals surface area contributed by atoms with Gasteiger partial charge in [-0.3, -0.25) is 9.59 Å². The summed E-state index contributed by atoms with van der Waals surface area (Å²) in [4.78, 5) is 27.5. The van der Waals surface area contributed by atoms with Crippen molar-refractivity contribution in [3.8, 4) is 0 Å². The van der Waals surface area contributed by atoms with Gasteiger partial charge in [-0.25, -0.2) is 0 Å². The average Bonchev–Trinajstić information content (AvgIpc) is 2.83. The minimum absolute atomic E-state index is 0.0151. The van der Waals surface area contributed by atoms with E-state index in [2.05, 4.69) is 10.6 Å². The first kappa shape index (κ1) is 20.9. The number of nitrogens with zero attached hydrogens (tertiary/aromatic N) is 1. The standard InChI is InChI=1S/C26H29N3O2/c30-25(28-17-7-16-27-22-10-2-1-3-11-22)21-14-18-29(19-15-21)26(31)24-13-6-9-20-8-4-5-12-23(20)24/h1-6,8-13,21,27H,7,14-19H2,(H,28,30). The monoisotopic (exact) mass is 415 g/mol. The normalized spacial score (nSPS) is 14.4. The Morgan fingerprint density at radius 1 is 0.839 bits per heavy atom. The van der Waals surface area contributed by atoms with Gasteiger partial charge >= 0.3 is 0 Å². The quantitative estimate of drug-likeness (QED) is 0.565. The summed E-state index contributed by atoms with van der Waals surface area (Å²) in [6.07, 6.45) is 2.30. The molecule has 0 atom stereocenters. The number of carbonyl (C=O) groups excluding carboxylic acids is 2. The van der Waals surface area contributed by atoms with Crippen LogP contribution in [0, 0.1) is 5.92 Å². The molecular weight excluding hydrogens is 386 g/mol. The van der Waals surface area contributed by atoms with Crippen LogP contribution in [0.5, 0.6) is 0 Å². The molecule has 5 nitrogen and oxygen atoms in total. The highest BCUT2D eigenvalue weighted by Crippen LogP contribution is 2.23. The molecule has 4 rings (SSSR count). The van der Waals surface area contributed by atoms with Crippen molar-refractivity contribution in [2.75, 3.05) is 31.5 Å². The fraction of sp³-hybridized carbons (Fsp3) is 0.308. The van der Waals surface area contributed by atoms with Crippen molar-refractivity contribution in [3.05, 3.63) is 78.4 Å². The maximum absolute atomic E-state index is 13.1. The average molecular weight is 416 g/mol. The number of benzene rings is 3. The Bertz CT molecular complexity index is 1020. The number of hydrogen-bond donors (Lipinski definition) is 2. The van der Waals surface area contributed by atoms with Crippen LogP contribution >= 0.6 is 0 Å². The molecule has 0 saturated carbocycles. The molecule has 0 aromatic heterocycles. The first-order valence-electron chi connectivity index (χ1n) is 11.1. The van der Waals surface area contributed by atoms with E-state index in [-0.39, 0.29) is 17.7 Å². The second-order valence-corrected chi connectivity index (χ2v) is 8.03. The number of amides is 2. The lowest BCUT2D eigenvalue weighted by Crippen LogP contribution is -2.43. The Kier molecular flexibility index (Phi) is 6.82. The van der Waals surface area contributed by atoms with Crippen molar-refractivity contribution < 1.29 is 9.59 Å². The molecule has 2 N–H and O–H groups in total. The zero-order valence-electron chi connectivity index (χ0n) is 17.7. The number of rotatable bonds is 7. The minimum atomic E-state index is -0.0151. The van der Waals surface area contributed by atoms with Gasteiger partial charge in [0.25, 0.3) is 5.91 Å². The maximum atomic E-state index is 13.1. The number of nitrogens with one attached hydrogen (secondary N) is 2. The highest BCUT2D eigenvalue weighted by molar-refractivity contribution is 6.07. The molecule has 0 bridgehead atoms. The van der Waals surface area contributed by atoms with Crippen LogP contribution < -0.4 is 10.6 Å². The lowest BCUT2D eigenvalue weighted by Gasteiger charge is -2.31. The Morgan fingerprint density at radius 2 is 1.55 bits per heavy atom. The van der Waals surface area contributed by atoms with Crippen molar-refractivity contribution in [2.24, 2.45) is 5.92 Å². The van der Waals surface area contributed by atoms with E-state index in [9.17, 15) is 9.59 Å². The zero-order valence-corrected chi connectivity index (χ0v) is 17.7. The largest absolute Gasteiger partial charge is 0.385 e. The van der Waals surface area contributed by atoms with E-state index >= 15 is 0 Å². The van der Waals surface area contributed by atoms with Crippen molar-refractivity contribution in [2.45, 2.75) is 19.3 Å². The summed E-state index contributed by atoms with van der Waals surface area (Å²) < 4.78 is 0. The molecule has 1 heterocycles. The Morgan fingerprint density at radius 3 is 2.35 bits per heavy atom. The highest BCUT2D eigenvalue weighted by atomic mass is 16.2. The van der Waals surface area contributed by atoms with Crippen LogP contribution in [0.15, 0.2) is 72.8 Å². The van der Waals surface area contributed by atoms with Crippen LogP contribution in [0.4, 0.5) is 5.69 Å². The molecule has 1 saturated heterocycles. The van der Waals surface area contributed by atoms with Gasteiger partial charge in [0.1, 0.15) is 0 Å². The van der Waals surface area contributed by atoms with Gasteiger partial charge in [0.15, 0.2) is 0 Å². The van der Waals surface area contributed by atoms with Crippen LogP contribution in [-0.2, 0) is 4.79 Å². The van der Waals surface area contributed by atoms with Gasteiger partial charge in [0, 0.05) is 43.3 Å². The van der Waals surface area contributed by atoms with Crippen LogP contribution in [0.1, 0.15) is 29.6 Å². The molecule has 0 aliphatic carbocycles. The fourth-order valence-electron chi connectivity index (χ4n) is 4.16. The summed E-state index contributed by atoms with van der Waals surface area (Å²) in [7, 11) is 0. The van der Waals surface area contributed by atoms with Gasteiger partial charge in [-0.15, -0.1) is 0 Å². The predicted molar refractivity (Wildman–Crippen MR) is 125 cm³/mol. The van der Waals surface area contributed by atoms with Gasteiger partial charge in [-0.05, 0) is 48.2 Å². The van der Waals surface area contributed by atoms with E-state index in [1.807, 2.05) is 77.7 Å². The van der Waals surface area contributed by atoms with E-state index in [0.29, 0.717) is 32.5 Å². The summed E-state index contributed by atoms with van der Waals surface area (Å²) in [5.41, 5.74) is 1.84. The molecule has 160 valence electrons. The summed E-state index contributed by atoms with van der Waals surface area (Å²) >= 11 is 0. The van der Waals surface area contributed by atoms with Gasteiger partial charge < -0.3 is 15.5 Å². The van der Waals surface area contributed by atoms with Crippen molar-refractivity contribution in [1.82, 2.24) is 10.2 Å². The minimum Gasteiger partial charge on any atom is -0.385 e. The smallest absolute Gasteiger partial charge is 0.254 e. The Balaban J connectivity index is 1.22. The molecule has 0 radical (unpaired) electrons. The SMILES string of the molecule is O=C(NCCCNc1ccccc1)C1CCN(C(=O)c2cccc3ccccc23)CC1. The number of para-hydroxylation sites is 1. The molecule has 3 aromatic rings. The van der Waals surface area contributed by atoms with Gasteiger partial charge in [-0.2, -0.15) is 0 Å². The summed E-state index contributed by atoms with van der Waals surface area (Å²) in [5.74, 6) is 0.151. The molecule has 1 aliphatic rings. The second kappa shape index (κ2) is 10.1. The maximum Gasteiger partial charge on any atom is 0.254 e. The molecule has 1 aliphatic heterocycles. The molecular formula is C26H29N3O2. The second-order valence-electron chi connectivity index (χ2n) is 8.03. The number of hydrogen-bond acceptors (Lipinski definition) is 3. The van der Waals surface area contributed by atoms with Crippen molar-refractivity contribution >= 4 is 28.3 Å². The lowest BCUT2D eigenvalue weighted by atomic mass is 9.94. The predicted octanol–water partition coefficient (Wildman–Crippen LogP) is 4.31. The van der Waals surface area contributed by atoms with Gasteiger partial charge in [0.05, 0.1) is 0 Å². The number of likely N-dealkylation sites (tertiary alicyclic amines) is 1. The van der Waals surface area contributed by atoms with E-state index in [4.69, 9.17) is 0 Å². The number of piperidine rings is 1. The molecule has 1 fully saturated rings. The third-order valence-corrected chi connectivity index (χ3v) is 5.93. The number of carbonyl (C=O) groups is 2. The fourth-order valence-corrected chi connectivity index (χ4v) is 4.16. The molecule has 0 spiro atoms. The molecule has 0 unspecified atom stereocenters. The third kappa shape index (κ3) is 5.23. The summed E-state index contributed by atoms with van der Waals surface area (Å²) in [5, 5.41) is 8.46. The van der Waals surface area contributed by atoms with E-state index in [1.54, 1.807) is 0 Å². The summed E-state index contributed by atoms with van der Waals surface area (Å²) in [6, 6.07) is 23.9. The Labute approximate surface area is 183 Å². The molecule has 5 heteroatoms. The van der Waals surface area contributed by atoms with Crippen molar-refractivity contribution in [1.29, 1.82) is 0 Å². The van der Waals surface area contributed by atoms with E-state index in [0.717, 1.165) is 35.0 Å². The van der Waals surface area contributed by atoms with Gasteiger partial charge in [-0.1, -0.05) is 54.6 Å². The topological polar surface area (TPSA) is 61.4 Å². The summed E-state index contributed by atoms with van der Waals surface area (Å²) in [6.45, 7) is 2.72. The molecule has 31 heavy (non-hydrogen) atoms. The first-order chi connectivity index (χ1) is 15.2. The molecule has 3 aromatic carbocycles. The van der Waals surface area contributed by atoms with E-state index < -0.39 is 0 Å². The van der Waals surface area contributed by atoms with Crippen LogP contribution in [0.25, 0.3) is 10.8 Å². The Hall–Kier alpha value is -3.34. The number of anilines is 1. The first-order valence-corrected chi connectivity index (χ1v) is 11.1. The van der Waals surface area contributed by atoms with Gasteiger partial charge in [0.2, 0.25) is 5.91 Å². The van der Waals surface area contributed by atoms with Crippen LogP contribution in [-0.4, -0.2) is 42.9 Å². The van der Waals surface area contributed by atoms with E-state index in [1.165, 1.54) is 0 Å². The number of fused-ring (bicyclic) bond motifs is 1.